The number of hydrogen-bond acceptors (Lipinski definition) is 0. The molecule has 0 saturated heterocycles. The molecule has 0 saturated carbocycles. The monoisotopic (exact) mass is 216 g/mol. The van der Waals surface area contributed by atoms with Crippen LogP contribution in [0.3, 0.4) is 0 Å². The fourth-order valence-corrected chi connectivity index (χ4v) is 0. The molecule has 8 heavy (non-hydrogen) atoms. The van der Waals surface area contributed by atoms with Gasteiger partial charge < -0.3 is 51.3 Å². The molecule has 0 aliphatic heterocycles. The van der Waals surface area contributed by atoms with E-state index in [1.54, 1.807) is 0 Å². The summed E-state index contributed by atoms with van der Waals surface area (Å²) in [5.74, 6) is 0. The number of hydrogen-bond donors (Lipinski definition) is 0. The van der Waals surface area contributed by atoms with Crippen molar-refractivity contribution >= 4 is 34.7 Å². The summed E-state index contributed by atoms with van der Waals surface area (Å²) >= 11 is 0. The second-order valence-corrected chi connectivity index (χ2v) is 0. The van der Waals surface area contributed by atoms with Crippen LogP contribution in [0.15, 0.2) is 0 Å². The Hall–Kier alpha value is 1.72. The Morgan fingerprint density at radius 2 is 0.375 bits per heavy atom. The molecule has 0 unspecified atom stereocenters. The minimum absolute atomic E-state index is 0. The van der Waals surface area contributed by atoms with Crippen molar-refractivity contribution in [2.45, 2.75) is 0 Å². The molecule has 0 atom stereocenters. The maximum absolute atomic E-state index is 0. The fraction of sp³-hybridized carbons (Fsp3) is 0. The van der Waals surface area contributed by atoms with Gasteiger partial charge in [0.15, 0.2) is 0 Å². The number of halogens is 6. The van der Waals surface area contributed by atoms with E-state index in [-0.39, 0.29) is 86.1 Å². The Morgan fingerprint density at radius 3 is 0.375 bits per heavy atom. The van der Waals surface area contributed by atoms with Crippen LogP contribution in [0.1, 0.15) is 0 Å². The molecule has 0 aliphatic rings. The molecule has 0 nitrogen and oxygen atoms in total. The quantitative estimate of drug-likeness (QED) is 0.354. The Morgan fingerprint density at radius 1 is 0.375 bits per heavy atom. The third-order valence-corrected chi connectivity index (χ3v) is 0. The van der Waals surface area contributed by atoms with Gasteiger partial charge in [0.2, 0.25) is 0 Å². The van der Waals surface area contributed by atoms with Gasteiger partial charge in [0, 0.05) is 0 Å². The molecule has 0 N–H and O–H groups in total. The van der Waals surface area contributed by atoms with Crippen LogP contribution in [0.25, 0.3) is 0 Å². The number of rotatable bonds is 0. The first-order valence-corrected chi connectivity index (χ1v) is 0. The van der Waals surface area contributed by atoms with E-state index in [1.165, 1.54) is 0 Å². The molecular formula is Al2Cl3F3. The average molecular weight is 217 g/mol. The van der Waals surface area contributed by atoms with Crippen LogP contribution in [0.5, 0.6) is 0 Å². The predicted octanol–water partition coefficient (Wildman–Crippen LogP) is -18.7. The van der Waals surface area contributed by atoms with E-state index in [0.717, 1.165) is 0 Å². The van der Waals surface area contributed by atoms with Gasteiger partial charge in [-0.1, -0.05) is 0 Å². The maximum atomic E-state index is 0. The van der Waals surface area contributed by atoms with Gasteiger partial charge in [-0.2, -0.15) is 0 Å². The summed E-state index contributed by atoms with van der Waals surface area (Å²) in [5.41, 5.74) is 0. The van der Waals surface area contributed by atoms with Gasteiger partial charge in [-0.3, -0.25) is 0 Å². The molecule has 0 aromatic carbocycles. The molecule has 0 spiro atoms. The Kier molecular flexibility index (Phi) is 5440. The predicted molar refractivity (Wildman–Crippen MR) is 11.5 cm³/mol. The first kappa shape index (κ1) is 249. The molecule has 0 rings (SSSR count). The Labute approximate surface area is 85.8 Å². The normalized spacial score (nSPS) is 0. The van der Waals surface area contributed by atoms with Gasteiger partial charge in [-0.05, 0) is 0 Å². The summed E-state index contributed by atoms with van der Waals surface area (Å²) in [6, 6.07) is 0. The van der Waals surface area contributed by atoms with Crippen LogP contribution in [0.2, 0.25) is 0 Å². The summed E-state index contributed by atoms with van der Waals surface area (Å²) in [6.45, 7) is 0. The average Bonchev–Trinajstić information content (AvgIpc) is 0. The van der Waals surface area contributed by atoms with E-state index < -0.39 is 0 Å². The second-order valence-electron chi connectivity index (χ2n) is 0. The summed E-state index contributed by atoms with van der Waals surface area (Å²) in [4.78, 5) is 0. The van der Waals surface area contributed by atoms with Gasteiger partial charge in [0.1, 0.15) is 0 Å². The summed E-state index contributed by atoms with van der Waals surface area (Å²) in [5, 5.41) is 0. The first-order chi connectivity index (χ1) is 0. The Balaban J connectivity index is 0. The van der Waals surface area contributed by atoms with Gasteiger partial charge in [-0.15, -0.1) is 0 Å². The van der Waals surface area contributed by atoms with Crippen molar-refractivity contribution in [3.63, 3.8) is 0 Å². The molecule has 0 heterocycles. The molecular weight excluding hydrogens is 217 g/mol. The van der Waals surface area contributed by atoms with E-state index >= 15 is 0 Å². The van der Waals surface area contributed by atoms with Crippen molar-refractivity contribution in [2.75, 3.05) is 0 Å². The molecule has 0 aromatic heterocycles. The minimum atomic E-state index is 0. The van der Waals surface area contributed by atoms with Crippen molar-refractivity contribution in [3.05, 3.63) is 0 Å². The summed E-state index contributed by atoms with van der Waals surface area (Å²) in [7, 11) is 0. The summed E-state index contributed by atoms with van der Waals surface area (Å²) < 4.78 is 0. The fourth-order valence-electron chi connectivity index (χ4n) is 0. The molecule has 0 radical (unpaired) electrons. The SMILES string of the molecule is [Al+3].[Al+3].[Cl-].[Cl-].[Cl-].[F-].[F-].[F-]. The van der Waals surface area contributed by atoms with Crippen molar-refractivity contribution in [1.29, 1.82) is 0 Å². The zero-order chi connectivity index (χ0) is 0. The molecule has 0 aliphatic carbocycles. The van der Waals surface area contributed by atoms with E-state index in [2.05, 4.69) is 0 Å². The van der Waals surface area contributed by atoms with Crippen molar-refractivity contribution in [1.82, 2.24) is 0 Å². The van der Waals surface area contributed by atoms with E-state index in [9.17, 15) is 0 Å². The van der Waals surface area contributed by atoms with Crippen LogP contribution < -0.4 is 51.3 Å². The second kappa shape index (κ2) is 175. The smallest absolute Gasteiger partial charge is 1.00 e. The van der Waals surface area contributed by atoms with E-state index in [4.69, 9.17) is 0 Å². The van der Waals surface area contributed by atoms with E-state index in [1.807, 2.05) is 0 Å². The van der Waals surface area contributed by atoms with Crippen LogP contribution in [-0.2, 0) is 0 Å². The zero-order valence-electron chi connectivity index (χ0n) is 3.42. The largest absolute Gasteiger partial charge is 3.00 e. The van der Waals surface area contributed by atoms with E-state index in [0.29, 0.717) is 0 Å². The van der Waals surface area contributed by atoms with Crippen LogP contribution in [0.4, 0.5) is 0 Å². The van der Waals surface area contributed by atoms with Crippen LogP contribution >= 0.6 is 0 Å². The third-order valence-electron chi connectivity index (χ3n) is 0. The Bertz CT molecular complexity index is 12.5. The van der Waals surface area contributed by atoms with Gasteiger partial charge in [0.25, 0.3) is 0 Å². The standard InChI is InChI=1S/2Al.3ClH.3FH/h;;6*1H/q2*+3;;;;;;/p-6. The van der Waals surface area contributed by atoms with Gasteiger partial charge in [0.05, 0.1) is 0 Å². The molecule has 0 amide bonds. The maximum Gasteiger partial charge on any atom is 3.00 e. The zero-order valence-corrected chi connectivity index (χ0v) is 8.00. The van der Waals surface area contributed by atoms with Gasteiger partial charge in [-0.25, -0.2) is 0 Å². The molecule has 8 heteroatoms. The van der Waals surface area contributed by atoms with Crippen LogP contribution in [0, 0.1) is 0 Å². The minimum Gasteiger partial charge on any atom is -1.00 e. The molecule has 48 valence electrons. The van der Waals surface area contributed by atoms with Crippen LogP contribution in [-0.4, -0.2) is 34.7 Å². The topological polar surface area (TPSA) is 0 Å². The van der Waals surface area contributed by atoms with Crippen molar-refractivity contribution < 1.29 is 51.3 Å². The molecule has 0 bridgehead atoms. The first-order valence-electron chi connectivity index (χ1n) is 0. The third kappa shape index (κ3) is 117. The molecule has 0 aromatic rings. The van der Waals surface area contributed by atoms with Crippen molar-refractivity contribution in [2.24, 2.45) is 0 Å². The van der Waals surface area contributed by atoms with Crippen molar-refractivity contribution in [3.8, 4) is 0 Å². The van der Waals surface area contributed by atoms with Gasteiger partial charge >= 0.3 is 34.7 Å². The summed E-state index contributed by atoms with van der Waals surface area (Å²) in [6.07, 6.45) is 0. The molecule has 0 fully saturated rings.